The van der Waals surface area contributed by atoms with Crippen LogP contribution in [0.3, 0.4) is 0 Å². The third-order valence-corrected chi connectivity index (χ3v) is 6.16. The third-order valence-electron chi connectivity index (χ3n) is 6.16. The Labute approximate surface area is 165 Å². The summed E-state index contributed by atoms with van der Waals surface area (Å²) in [6, 6.07) is 8.41. The van der Waals surface area contributed by atoms with Crippen molar-refractivity contribution < 1.29 is 14.3 Å². The Morgan fingerprint density at radius 2 is 1.89 bits per heavy atom. The second-order valence-corrected chi connectivity index (χ2v) is 7.87. The van der Waals surface area contributed by atoms with Crippen molar-refractivity contribution in [2.75, 3.05) is 32.8 Å². The summed E-state index contributed by atoms with van der Waals surface area (Å²) in [7, 11) is 0. The standard InChI is InChI=1S/C22H29N3O3/c1-2-28-22(27)25-11-5-6-17(15-25)21(26)24-12-9-16(10-13-24)19-14-23-20-8-4-3-7-18(19)20/h3-4,7-8,14,16-17,23H,2,5-6,9-13,15H2,1H3/t17-/m0/s1. The Morgan fingerprint density at radius 3 is 2.68 bits per heavy atom. The number of benzene rings is 1. The van der Waals surface area contributed by atoms with E-state index in [1.54, 1.807) is 4.90 Å². The van der Waals surface area contributed by atoms with Gasteiger partial charge in [-0.15, -0.1) is 0 Å². The number of H-pyrrole nitrogens is 1. The molecule has 150 valence electrons. The van der Waals surface area contributed by atoms with Gasteiger partial charge in [-0.3, -0.25) is 4.79 Å². The van der Waals surface area contributed by atoms with E-state index >= 15 is 0 Å². The van der Waals surface area contributed by atoms with E-state index in [4.69, 9.17) is 4.74 Å². The molecule has 6 nitrogen and oxygen atoms in total. The molecule has 3 heterocycles. The van der Waals surface area contributed by atoms with Crippen molar-refractivity contribution in [1.82, 2.24) is 14.8 Å². The van der Waals surface area contributed by atoms with E-state index in [0.29, 0.717) is 25.6 Å². The van der Waals surface area contributed by atoms with Crippen LogP contribution >= 0.6 is 0 Å². The zero-order valence-electron chi connectivity index (χ0n) is 16.5. The highest BCUT2D eigenvalue weighted by Gasteiger charge is 2.33. The van der Waals surface area contributed by atoms with Crippen molar-refractivity contribution in [2.24, 2.45) is 5.92 Å². The number of aromatic amines is 1. The molecular formula is C22H29N3O3. The van der Waals surface area contributed by atoms with Crippen LogP contribution in [0.15, 0.2) is 30.5 Å². The number of aromatic nitrogens is 1. The van der Waals surface area contributed by atoms with E-state index < -0.39 is 0 Å². The van der Waals surface area contributed by atoms with Crippen LogP contribution in [0.25, 0.3) is 10.9 Å². The number of nitrogens with zero attached hydrogens (tertiary/aromatic N) is 2. The number of fused-ring (bicyclic) bond motifs is 1. The number of ether oxygens (including phenoxy) is 1. The van der Waals surface area contributed by atoms with Crippen molar-refractivity contribution in [2.45, 2.75) is 38.5 Å². The van der Waals surface area contributed by atoms with Crippen molar-refractivity contribution in [3.8, 4) is 0 Å². The zero-order valence-corrected chi connectivity index (χ0v) is 16.5. The van der Waals surface area contributed by atoms with E-state index in [0.717, 1.165) is 38.8 Å². The number of nitrogens with one attached hydrogen (secondary N) is 1. The van der Waals surface area contributed by atoms with Crippen molar-refractivity contribution >= 4 is 22.9 Å². The van der Waals surface area contributed by atoms with Gasteiger partial charge in [0.05, 0.1) is 12.5 Å². The predicted octanol–water partition coefficient (Wildman–Crippen LogP) is 3.74. The van der Waals surface area contributed by atoms with E-state index in [9.17, 15) is 9.59 Å². The predicted molar refractivity (Wildman–Crippen MR) is 108 cm³/mol. The minimum absolute atomic E-state index is 0.0946. The fourth-order valence-electron chi connectivity index (χ4n) is 4.66. The highest BCUT2D eigenvalue weighted by atomic mass is 16.6. The topological polar surface area (TPSA) is 65.6 Å². The Kier molecular flexibility index (Phi) is 5.55. The lowest BCUT2D eigenvalue weighted by molar-refractivity contribution is -0.138. The maximum Gasteiger partial charge on any atom is 0.409 e. The summed E-state index contributed by atoms with van der Waals surface area (Å²) in [6.45, 7) is 4.93. The summed E-state index contributed by atoms with van der Waals surface area (Å²) in [4.78, 5) is 32.1. The fraction of sp³-hybridized carbons (Fsp3) is 0.545. The first-order valence-electron chi connectivity index (χ1n) is 10.4. The van der Waals surface area contributed by atoms with Crippen LogP contribution in [0.4, 0.5) is 4.79 Å². The van der Waals surface area contributed by atoms with Crippen molar-refractivity contribution in [3.63, 3.8) is 0 Å². The molecule has 1 atom stereocenters. The fourth-order valence-corrected chi connectivity index (χ4v) is 4.66. The molecule has 28 heavy (non-hydrogen) atoms. The number of para-hydroxylation sites is 1. The van der Waals surface area contributed by atoms with Crippen LogP contribution < -0.4 is 0 Å². The molecule has 0 radical (unpaired) electrons. The smallest absolute Gasteiger partial charge is 0.409 e. The average molecular weight is 383 g/mol. The molecule has 0 unspecified atom stereocenters. The number of carbonyl (C=O) groups excluding carboxylic acids is 2. The van der Waals surface area contributed by atoms with Gasteiger partial charge in [-0.25, -0.2) is 4.79 Å². The molecule has 1 N–H and O–H groups in total. The van der Waals surface area contributed by atoms with Crippen molar-refractivity contribution in [1.29, 1.82) is 0 Å². The van der Waals surface area contributed by atoms with Gasteiger partial charge in [0.25, 0.3) is 0 Å². The van der Waals surface area contributed by atoms with Gasteiger partial charge in [-0.05, 0) is 50.2 Å². The lowest BCUT2D eigenvalue weighted by Crippen LogP contribution is -2.48. The summed E-state index contributed by atoms with van der Waals surface area (Å²) in [5, 5.41) is 1.30. The van der Waals surface area contributed by atoms with E-state index in [1.807, 2.05) is 17.9 Å². The van der Waals surface area contributed by atoms with Gasteiger partial charge in [-0.2, -0.15) is 0 Å². The van der Waals surface area contributed by atoms with Crippen LogP contribution in [0.2, 0.25) is 0 Å². The summed E-state index contributed by atoms with van der Waals surface area (Å²) in [5.74, 6) is 0.594. The molecule has 2 saturated heterocycles. The molecule has 1 aromatic carbocycles. The number of carbonyl (C=O) groups is 2. The molecule has 0 aliphatic carbocycles. The molecular weight excluding hydrogens is 354 g/mol. The van der Waals surface area contributed by atoms with Gasteiger partial charge < -0.3 is 19.5 Å². The Balaban J connectivity index is 1.35. The largest absolute Gasteiger partial charge is 0.450 e. The van der Waals surface area contributed by atoms with Gasteiger partial charge in [-0.1, -0.05) is 18.2 Å². The van der Waals surface area contributed by atoms with Gasteiger partial charge >= 0.3 is 6.09 Å². The normalized spacial score (nSPS) is 21.1. The first-order chi connectivity index (χ1) is 13.7. The summed E-state index contributed by atoms with van der Waals surface area (Å²) in [6.07, 6.45) is 5.53. The van der Waals surface area contributed by atoms with Crippen LogP contribution in [-0.2, 0) is 9.53 Å². The number of hydrogen-bond acceptors (Lipinski definition) is 3. The number of piperidine rings is 2. The number of amides is 2. The van der Waals surface area contributed by atoms with E-state index in [1.165, 1.54) is 16.5 Å². The molecule has 0 saturated carbocycles. The Hall–Kier alpha value is -2.50. The summed E-state index contributed by atoms with van der Waals surface area (Å²) >= 11 is 0. The van der Waals surface area contributed by atoms with Gasteiger partial charge in [0, 0.05) is 43.3 Å². The molecule has 2 aliphatic rings. The van der Waals surface area contributed by atoms with E-state index in [-0.39, 0.29) is 17.9 Å². The second-order valence-electron chi connectivity index (χ2n) is 7.87. The maximum atomic E-state index is 13.0. The number of likely N-dealkylation sites (tertiary alicyclic amines) is 2. The lowest BCUT2D eigenvalue weighted by Gasteiger charge is -2.37. The number of rotatable bonds is 3. The minimum atomic E-state index is -0.293. The SMILES string of the molecule is CCOC(=O)N1CCC[C@H](C(=O)N2CCC(c3c[nH]c4ccccc34)CC2)C1. The molecule has 2 amide bonds. The highest BCUT2D eigenvalue weighted by Crippen LogP contribution is 2.34. The first-order valence-corrected chi connectivity index (χ1v) is 10.4. The summed E-state index contributed by atoms with van der Waals surface area (Å²) in [5.41, 5.74) is 2.55. The molecule has 2 aliphatic heterocycles. The molecule has 6 heteroatoms. The van der Waals surface area contributed by atoms with Crippen LogP contribution in [0, 0.1) is 5.92 Å². The van der Waals surface area contributed by atoms with Gasteiger partial charge in [0.2, 0.25) is 5.91 Å². The van der Waals surface area contributed by atoms with E-state index in [2.05, 4.69) is 29.4 Å². The Morgan fingerprint density at radius 1 is 1.11 bits per heavy atom. The minimum Gasteiger partial charge on any atom is -0.450 e. The third kappa shape index (κ3) is 3.73. The molecule has 0 spiro atoms. The molecule has 4 rings (SSSR count). The highest BCUT2D eigenvalue weighted by molar-refractivity contribution is 5.84. The Bertz CT molecular complexity index is 838. The average Bonchev–Trinajstić information content (AvgIpc) is 3.18. The zero-order chi connectivity index (χ0) is 19.5. The molecule has 2 fully saturated rings. The number of hydrogen-bond donors (Lipinski definition) is 1. The van der Waals surface area contributed by atoms with Crippen LogP contribution in [-0.4, -0.2) is 59.6 Å². The maximum absolute atomic E-state index is 13.0. The quantitative estimate of drug-likeness (QED) is 0.878. The van der Waals surface area contributed by atoms with Crippen LogP contribution in [0.5, 0.6) is 0 Å². The molecule has 2 aromatic rings. The monoisotopic (exact) mass is 383 g/mol. The molecule has 0 bridgehead atoms. The van der Waals surface area contributed by atoms with Crippen LogP contribution in [0.1, 0.15) is 44.1 Å². The van der Waals surface area contributed by atoms with Gasteiger partial charge in [0.1, 0.15) is 0 Å². The molecule has 1 aromatic heterocycles. The summed E-state index contributed by atoms with van der Waals surface area (Å²) < 4.78 is 5.10. The second kappa shape index (κ2) is 8.25. The van der Waals surface area contributed by atoms with Crippen molar-refractivity contribution in [3.05, 3.63) is 36.0 Å². The lowest BCUT2D eigenvalue weighted by atomic mass is 9.88. The first kappa shape index (κ1) is 18.8. The van der Waals surface area contributed by atoms with Gasteiger partial charge in [0.15, 0.2) is 0 Å².